The monoisotopic (exact) mass is 498 g/mol. The van der Waals surface area contributed by atoms with Crippen LogP contribution in [0.4, 0.5) is 0 Å². The van der Waals surface area contributed by atoms with Crippen LogP contribution in [0.5, 0.6) is 11.5 Å². The highest BCUT2D eigenvalue weighted by molar-refractivity contribution is 5.40. The van der Waals surface area contributed by atoms with E-state index in [2.05, 4.69) is 49.7 Å². The lowest BCUT2D eigenvalue weighted by molar-refractivity contribution is 0.209. The number of ether oxygens (including phenoxy) is 2. The molecule has 0 spiro atoms. The third kappa shape index (κ3) is 11.8. The van der Waals surface area contributed by atoms with Crippen LogP contribution in [-0.4, -0.2) is 13.2 Å². The van der Waals surface area contributed by atoms with Gasteiger partial charge in [0.1, 0.15) is 11.5 Å². The predicted molar refractivity (Wildman–Crippen MR) is 156 cm³/mol. The summed E-state index contributed by atoms with van der Waals surface area (Å²) in [6, 6.07) is 16.3. The molecule has 2 aromatic carbocycles. The lowest BCUT2D eigenvalue weighted by Gasteiger charge is -2.21. The minimum absolute atomic E-state index is 0.753. The maximum absolute atomic E-state index is 5.92. The summed E-state index contributed by atoms with van der Waals surface area (Å²) in [5.41, 5.74) is 2.12. The Morgan fingerprint density at radius 1 is 0.649 bits per heavy atom. The van der Waals surface area contributed by atoms with E-state index in [1.165, 1.54) is 64.2 Å². The van der Waals surface area contributed by atoms with Crippen molar-refractivity contribution in [1.29, 1.82) is 0 Å². The molecule has 0 unspecified atom stereocenters. The summed E-state index contributed by atoms with van der Waals surface area (Å²) in [6.45, 7) is 5.95. The summed E-state index contributed by atoms with van der Waals surface area (Å²) in [5.74, 6) is 16.0. The van der Waals surface area contributed by atoms with Crippen LogP contribution in [0.3, 0.4) is 0 Å². The number of hydrogen-bond acceptors (Lipinski definition) is 2. The summed E-state index contributed by atoms with van der Waals surface area (Å²) in [7, 11) is 0. The predicted octanol–water partition coefficient (Wildman–Crippen LogP) is 9.20. The van der Waals surface area contributed by atoms with Crippen LogP contribution in [0.1, 0.15) is 108 Å². The zero-order valence-electron chi connectivity index (χ0n) is 23.2. The van der Waals surface area contributed by atoms with Crippen LogP contribution in [0, 0.1) is 35.5 Å². The first-order valence-corrected chi connectivity index (χ1v) is 14.7. The maximum Gasteiger partial charge on any atom is 0.120 e. The van der Waals surface area contributed by atoms with Gasteiger partial charge in [-0.1, -0.05) is 88.2 Å². The normalized spacial score (nSPS) is 15.7. The zero-order valence-corrected chi connectivity index (χ0v) is 23.2. The molecule has 2 saturated carbocycles. The first-order chi connectivity index (χ1) is 18.3. The lowest BCUT2D eigenvalue weighted by atomic mass is 9.90. The van der Waals surface area contributed by atoms with E-state index in [4.69, 9.17) is 9.47 Å². The number of rotatable bonds is 7. The average Bonchev–Trinajstić information content (AvgIpc) is 2.96. The summed E-state index contributed by atoms with van der Waals surface area (Å²) in [6.07, 6.45) is 16.6. The fourth-order valence-electron chi connectivity index (χ4n) is 4.94. The van der Waals surface area contributed by atoms with Crippen molar-refractivity contribution in [3.63, 3.8) is 0 Å². The highest BCUT2D eigenvalue weighted by Gasteiger charge is 2.14. The number of unbranched alkanes of at least 4 members (excludes halogenated alkanes) is 1. The van der Waals surface area contributed by atoms with Gasteiger partial charge in [-0.05, 0) is 80.3 Å². The van der Waals surface area contributed by atoms with Crippen molar-refractivity contribution in [2.24, 2.45) is 11.8 Å². The molecule has 0 bridgehead atoms. The van der Waals surface area contributed by atoms with Crippen LogP contribution in [-0.2, 0) is 0 Å². The Bertz CT molecular complexity index is 1020. The molecule has 0 aromatic heterocycles. The van der Waals surface area contributed by atoms with Gasteiger partial charge in [0.05, 0.1) is 13.2 Å². The topological polar surface area (TPSA) is 18.5 Å². The molecule has 4 rings (SSSR count). The van der Waals surface area contributed by atoms with E-state index in [1.807, 2.05) is 36.4 Å². The van der Waals surface area contributed by atoms with E-state index in [0.717, 1.165) is 66.9 Å². The van der Waals surface area contributed by atoms with E-state index in [9.17, 15) is 0 Å². The summed E-state index contributed by atoms with van der Waals surface area (Å²) >= 11 is 0. The van der Waals surface area contributed by atoms with Crippen LogP contribution < -0.4 is 9.47 Å². The van der Waals surface area contributed by atoms with Gasteiger partial charge in [0.15, 0.2) is 0 Å². The van der Waals surface area contributed by atoms with E-state index in [-0.39, 0.29) is 0 Å². The van der Waals surface area contributed by atoms with Gasteiger partial charge >= 0.3 is 0 Å². The Labute approximate surface area is 226 Å². The molecule has 2 fully saturated rings. The number of hydrogen-bond donors (Lipinski definition) is 0. The van der Waals surface area contributed by atoms with Crippen LogP contribution in [0.15, 0.2) is 48.5 Å². The van der Waals surface area contributed by atoms with Gasteiger partial charge in [0, 0.05) is 24.0 Å². The molecule has 0 atom stereocenters. The van der Waals surface area contributed by atoms with Crippen molar-refractivity contribution in [3.05, 3.63) is 59.7 Å². The Kier molecular flexibility index (Phi) is 13.7. The van der Waals surface area contributed by atoms with Gasteiger partial charge in [-0.25, -0.2) is 0 Å². The first kappa shape index (κ1) is 28.7. The molecule has 2 aliphatic carbocycles. The largest absolute Gasteiger partial charge is 0.493 e. The molecule has 0 radical (unpaired) electrons. The quantitative estimate of drug-likeness (QED) is 0.354. The van der Waals surface area contributed by atoms with Crippen LogP contribution >= 0.6 is 0 Å². The van der Waals surface area contributed by atoms with E-state index < -0.39 is 0 Å². The molecular formula is C35H46O2. The molecule has 198 valence electrons. The standard InChI is InChI=1S/C18H24O.C17H22O/c1-2-3-5-9-16-12-8-13-18(14-16)19-15-17-10-6-4-7-11-17;1-2-3-8-15-11-7-12-17(13-15)18-14-16-9-5-4-6-10-16/h8,12-14,17H,2-4,6-7,10-11,15H2,1H3;7,11-13,16H,2,4-6,9-10,14H2,1H3. The molecule has 2 nitrogen and oxygen atoms in total. The fourth-order valence-corrected chi connectivity index (χ4v) is 4.94. The van der Waals surface area contributed by atoms with Gasteiger partial charge < -0.3 is 9.47 Å². The van der Waals surface area contributed by atoms with Crippen molar-refractivity contribution in [3.8, 4) is 35.2 Å². The smallest absolute Gasteiger partial charge is 0.120 e. The van der Waals surface area contributed by atoms with Crippen molar-refractivity contribution in [2.75, 3.05) is 13.2 Å². The Hall–Kier alpha value is -2.84. The molecule has 37 heavy (non-hydrogen) atoms. The summed E-state index contributed by atoms with van der Waals surface area (Å²) in [4.78, 5) is 0. The zero-order chi connectivity index (χ0) is 26.0. The van der Waals surface area contributed by atoms with Crippen molar-refractivity contribution in [2.45, 2.75) is 97.3 Å². The minimum Gasteiger partial charge on any atom is -0.493 e. The van der Waals surface area contributed by atoms with Crippen molar-refractivity contribution < 1.29 is 9.47 Å². The third-order valence-corrected chi connectivity index (χ3v) is 7.11. The lowest BCUT2D eigenvalue weighted by Crippen LogP contribution is -2.15. The van der Waals surface area contributed by atoms with Crippen molar-refractivity contribution in [1.82, 2.24) is 0 Å². The molecule has 2 aliphatic rings. The Balaban J connectivity index is 0.000000206. The molecule has 0 saturated heterocycles. The highest BCUT2D eigenvalue weighted by atomic mass is 16.5. The second kappa shape index (κ2) is 17.6. The Morgan fingerprint density at radius 2 is 1.14 bits per heavy atom. The van der Waals surface area contributed by atoms with Gasteiger partial charge in [0.25, 0.3) is 0 Å². The Morgan fingerprint density at radius 3 is 1.59 bits per heavy atom. The highest BCUT2D eigenvalue weighted by Crippen LogP contribution is 2.26. The molecule has 0 heterocycles. The van der Waals surface area contributed by atoms with Gasteiger partial charge in [-0.2, -0.15) is 0 Å². The minimum atomic E-state index is 0.753. The molecule has 0 aliphatic heterocycles. The molecule has 0 amide bonds. The summed E-state index contributed by atoms with van der Waals surface area (Å²) in [5, 5.41) is 0. The SMILES string of the molecule is CCC#Cc1cccc(OCC2CCCCC2)c1.CCCC#Cc1cccc(OCC2CCCCC2)c1. The molecular weight excluding hydrogens is 452 g/mol. The average molecular weight is 499 g/mol. The third-order valence-electron chi connectivity index (χ3n) is 7.11. The number of benzene rings is 2. The fraction of sp³-hybridized carbons (Fsp3) is 0.543. The second-order valence-corrected chi connectivity index (χ2v) is 10.4. The second-order valence-electron chi connectivity index (χ2n) is 10.4. The van der Waals surface area contributed by atoms with Gasteiger partial charge in [0.2, 0.25) is 0 Å². The molecule has 0 N–H and O–H groups in total. The van der Waals surface area contributed by atoms with Gasteiger partial charge in [-0.3, -0.25) is 0 Å². The van der Waals surface area contributed by atoms with Gasteiger partial charge in [-0.15, -0.1) is 0 Å². The van der Waals surface area contributed by atoms with E-state index >= 15 is 0 Å². The van der Waals surface area contributed by atoms with Crippen molar-refractivity contribution >= 4 is 0 Å². The van der Waals surface area contributed by atoms with E-state index in [1.54, 1.807) is 0 Å². The van der Waals surface area contributed by atoms with Crippen LogP contribution in [0.25, 0.3) is 0 Å². The molecule has 2 aromatic rings. The van der Waals surface area contributed by atoms with Crippen LogP contribution in [0.2, 0.25) is 0 Å². The first-order valence-electron chi connectivity index (χ1n) is 14.7. The van der Waals surface area contributed by atoms with E-state index in [0.29, 0.717) is 0 Å². The maximum atomic E-state index is 5.92. The molecule has 2 heteroatoms. The summed E-state index contributed by atoms with van der Waals surface area (Å²) < 4.78 is 11.8.